The van der Waals surface area contributed by atoms with Crippen LogP contribution in [0.2, 0.25) is 0 Å². The van der Waals surface area contributed by atoms with Crippen molar-refractivity contribution in [2.75, 3.05) is 13.2 Å². The molecular formula is C2H5FIN. The van der Waals surface area contributed by atoms with Crippen LogP contribution in [0, 0.1) is 0 Å². The summed E-state index contributed by atoms with van der Waals surface area (Å²) in [7, 11) is 0. The van der Waals surface area contributed by atoms with Crippen LogP contribution in [0.1, 0.15) is 0 Å². The van der Waals surface area contributed by atoms with Gasteiger partial charge < -0.3 is 0 Å². The molecule has 1 N–H and O–H groups in total. The van der Waals surface area contributed by atoms with Gasteiger partial charge in [-0.05, 0) is 0 Å². The Balaban J connectivity index is 2.19. The highest BCUT2D eigenvalue weighted by Crippen LogP contribution is 1.66. The van der Waals surface area contributed by atoms with Crippen molar-refractivity contribution in [2.45, 2.75) is 0 Å². The van der Waals surface area contributed by atoms with Crippen molar-refractivity contribution in [3.05, 3.63) is 0 Å². The summed E-state index contributed by atoms with van der Waals surface area (Å²) in [4.78, 5) is 0. The molecule has 0 spiro atoms. The molecule has 1 nitrogen and oxygen atoms in total. The van der Waals surface area contributed by atoms with Gasteiger partial charge in [0, 0.05) is 29.4 Å². The monoisotopic (exact) mass is 189 g/mol. The molecule has 0 saturated carbocycles. The summed E-state index contributed by atoms with van der Waals surface area (Å²) in [5.41, 5.74) is 0. The molecule has 0 aromatic heterocycles. The number of hydrogen-bond donors (Lipinski definition) is 1. The second-order valence-electron chi connectivity index (χ2n) is 0.573. The van der Waals surface area contributed by atoms with E-state index in [-0.39, 0.29) is 6.67 Å². The standard InChI is InChI=1S/C2H5FIN/c3-1-2-5-4/h5H,1-2H2. The lowest BCUT2D eigenvalue weighted by molar-refractivity contribution is 0.499. The summed E-state index contributed by atoms with van der Waals surface area (Å²) in [6, 6.07) is 0. The van der Waals surface area contributed by atoms with Crippen molar-refractivity contribution in [3.63, 3.8) is 0 Å². The maximum absolute atomic E-state index is 10.9. The molecule has 3 heteroatoms. The second kappa shape index (κ2) is 4.62. The fourth-order valence-electron chi connectivity index (χ4n) is 0.0357. The van der Waals surface area contributed by atoms with Crippen LogP contribution in [0.15, 0.2) is 0 Å². The minimum Gasteiger partial charge on any atom is -0.258 e. The van der Waals surface area contributed by atoms with Gasteiger partial charge in [-0.3, -0.25) is 3.53 Å². The summed E-state index contributed by atoms with van der Waals surface area (Å²) in [6.07, 6.45) is 0. The zero-order valence-corrected chi connectivity index (χ0v) is 4.83. The molecule has 0 amide bonds. The zero-order valence-electron chi connectivity index (χ0n) is 2.67. The first kappa shape index (κ1) is 5.62. The molecule has 0 radical (unpaired) electrons. The predicted molar refractivity (Wildman–Crippen MR) is 28.0 cm³/mol. The van der Waals surface area contributed by atoms with E-state index in [0.717, 1.165) is 0 Å². The third-order valence-corrected chi connectivity index (χ3v) is 0.728. The quantitative estimate of drug-likeness (QED) is 0.502. The van der Waals surface area contributed by atoms with E-state index in [1.807, 2.05) is 22.9 Å². The van der Waals surface area contributed by atoms with E-state index in [1.165, 1.54) is 0 Å². The molecule has 0 aliphatic heterocycles. The van der Waals surface area contributed by atoms with Crippen LogP contribution in [0.5, 0.6) is 0 Å². The van der Waals surface area contributed by atoms with Gasteiger partial charge in [0.2, 0.25) is 0 Å². The molecule has 32 valence electrons. The smallest absolute Gasteiger partial charge is 0.103 e. The van der Waals surface area contributed by atoms with Crippen LogP contribution < -0.4 is 3.53 Å². The van der Waals surface area contributed by atoms with Crippen molar-refractivity contribution in [1.29, 1.82) is 0 Å². The molecule has 0 fully saturated rings. The van der Waals surface area contributed by atoms with Gasteiger partial charge in [0.25, 0.3) is 0 Å². The highest BCUT2D eigenvalue weighted by Gasteiger charge is 1.70. The molecule has 0 heterocycles. The van der Waals surface area contributed by atoms with E-state index >= 15 is 0 Å². The van der Waals surface area contributed by atoms with Gasteiger partial charge in [-0.25, -0.2) is 4.39 Å². The first-order valence-electron chi connectivity index (χ1n) is 1.31. The SMILES string of the molecule is FCCNI. The largest absolute Gasteiger partial charge is 0.258 e. The highest BCUT2D eigenvalue weighted by molar-refractivity contribution is 14.1. The van der Waals surface area contributed by atoms with E-state index in [1.54, 1.807) is 0 Å². The average molecular weight is 189 g/mol. The van der Waals surface area contributed by atoms with E-state index < -0.39 is 0 Å². The topological polar surface area (TPSA) is 12.0 Å². The van der Waals surface area contributed by atoms with Crippen molar-refractivity contribution in [2.24, 2.45) is 0 Å². The molecule has 0 aromatic carbocycles. The molecule has 0 saturated heterocycles. The maximum Gasteiger partial charge on any atom is 0.103 e. The van der Waals surface area contributed by atoms with Gasteiger partial charge in [-0.2, -0.15) is 0 Å². The molecular weight excluding hydrogens is 184 g/mol. The highest BCUT2D eigenvalue weighted by atomic mass is 127. The van der Waals surface area contributed by atoms with Crippen LogP contribution in [0.4, 0.5) is 4.39 Å². The third kappa shape index (κ3) is 4.62. The van der Waals surface area contributed by atoms with E-state index in [9.17, 15) is 4.39 Å². The molecule has 0 aliphatic rings. The number of hydrogen-bond acceptors (Lipinski definition) is 1. The van der Waals surface area contributed by atoms with E-state index in [4.69, 9.17) is 0 Å². The lowest BCUT2D eigenvalue weighted by Gasteiger charge is -1.79. The Morgan fingerprint density at radius 3 is 2.40 bits per heavy atom. The molecule has 0 unspecified atom stereocenters. The van der Waals surface area contributed by atoms with Crippen molar-refractivity contribution < 1.29 is 4.39 Å². The zero-order chi connectivity index (χ0) is 4.12. The molecule has 0 rings (SSSR count). The Bertz CT molecular complexity index is 17.1. The van der Waals surface area contributed by atoms with Gasteiger partial charge in [-0.15, -0.1) is 0 Å². The van der Waals surface area contributed by atoms with Gasteiger partial charge in [-0.1, -0.05) is 0 Å². The van der Waals surface area contributed by atoms with E-state index in [2.05, 4.69) is 3.53 Å². The summed E-state index contributed by atoms with van der Waals surface area (Å²) in [6.45, 7) is 0.184. The Morgan fingerprint density at radius 2 is 2.40 bits per heavy atom. The Hall–Kier alpha value is 0.620. The van der Waals surface area contributed by atoms with Crippen molar-refractivity contribution >= 4 is 22.9 Å². The molecule has 0 aromatic rings. The van der Waals surface area contributed by atoms with Gasteiger partial charge in [0.05, 0.1) is 0 Å². The average Bonchev–Trinajstić information content (AvgIpc) is 1.41. The fraction of sp³-hybridized carbons (Fsp3) is 1.00. The number of halogens is 2. The van der Waals surface area contributed by atoms with E-state index in [0.29, 0.717) is 6.54 Å². The van der Waals surface area contributed by atoms with Crippen LogP contribution in [0.3, 0.4) is 0 Å². The summed E-state index contributed by atoms with van der Waals surface area (Å²) in [5, 5.41) is 0. The predicted octanol–water partition coefficient (Wildman–Crippen LogP) is 0.896. The number of rotatable bonds is 2. The molecule has 0 aliphatic carbocycles. The molecule has 5 heavy (non-hydrogen) atoms. The lowest BCUT2D eigenvalue weighted by atomic mass is 10.8. The Labute approximate surface area is 44.4 Å². The summed E-state index contributed by atoms with van der Waals surface area (Å²) >= 11 is 1.90. The van der Waals surface area contributed by atoms with Gasteiger partial charge in [0.1, 0.15) is 6.67 Å². The second-order valence-corrected chi connectivity index (χ2v) is 1.34. The summed E-state index contributed by atoms with van der Waals surface area (Å²) in [5.74, 6) is 0. The first-order valence-corrected chi connectivity index (χ1v) is 2.39. The maximum atomic E-state index is 10.9. The van der Waals surface area contributed by atoms with Gasteiger partial charge in [0.15, 0.2) is 0 Å². The van der Waals surface area contributed by atoms with Gasteiger partial charge >= 0.3 is 0 Å². The van der Waals surface area contributed by atoms with Crippen molar-refractivity contribution in [1.82, 2.24) is 3.53 Å². The van der Waals surface area contributed by atoms with Crippen LogP contribution in [0.25, 0.3) is 0 Å². The third-order valence-electron chi connectivity index (χ3n) is 0.189. The van der Waals surface area contributed by atoms with Crippen molar-refractivity contribution in [3.8, 4) is 0 Å². The fourth-order valence-corrected chi connectivity index (χ4v) is 0.240. The molecule has 0 bridgehead atoms. The summed E-state index contributed by atoms with van der Waals surface area (Å²) < 4.78 is 13.5. The first-order chi connectivity index (χ1) is 2.41. The molecule has 0 atom stereocenters. The van der Waals surface area contributed by atoms with Crippen LogP contribution in [-0.2, 0) is 0 Å². The minimum atomic E-state index is -0.275. The number of nitrogens with one attached hydrogen (secondary N) is 1. The normalized spacial score (nSPS) is 8.40. The Kier molecular flexibility index (Phi) is 5.19. The lowest BCUT2D eigenvalue weighted by Crippen LogP contribution is -1.99. The van der Waals surface area contributed by atoms with Crippen LogP contribution >= 0.6 is 22.9 Å². The number of alkyl halides is 1. The van der Waals surface area contributed by atoms with Crippen LogP contribution in [-0.4, -0.2) is 13.2 Å². The Morgan fingerprint density at radius 1 is 1.80 bits per heavy atom. The minimum absolute atomic E-state index is 0.275.